The van der Waals surface area contributed by atoms with Crippen LogP contribution in [0.2, 0.25) is 5.02 Å². The predicted octanol–water partition coefficient (Wildman–Crippen LogP) is 4.11. The zero-order chi connectivity index (χ0) is 22.3. The van der Waals surface area contributed by atoms with E-state index in [-0.39, 0.29) is 19.0 Å². The number of anilines is 2. The summed E-state index contributed by atoms with van der Waals surface area (Å²) in [6.07, 6.45) is 1.22. The van der Waals surface area contributed by atoms with Gasteiger partial charge in [0.2, 0.25) is 0 Å². The quantitative estimate of drug-likeness (QED) is 0.539. The average Bonchev–Trinajstić information content (AvgIpc) is 3.13. The minimum absolute atomic E-state index is 0.179. The SMILES string of the molecule is C=S1(=Nc2cc(Cl)c3c(Nc4ccc(F)cc4O[C@H]4COC[C@H]4O)ncnc3c2)CCC1. The van der Waals surface area contributed by atoms with Gasteiger partial charge >= 0.3 is 0 Å². The maximum Gasteiger partial charge on any atom is 0.150 e. The van der Waals surface area contributed by atoms with E-state index in [4.69, 9.17) is 25.4 Å². The summed E-state index contributed by atoms with van der Waals surface area (Å²) in [4.78, 5) is 8.70. The highest BCUT2D eigenvalue weighted by atomic mass is 35.5. The lowest BCUT2D eigenvalue weighted by molar-refractivity contribution is 0.0736. The lowest BCUT2D eigenvalue weighted by Crippen LogP contribution is -2.30. The second-order valence-corrected chi connectivity index (χ2v) is 11.3. The molecular weight excluding hydrogens is 455 g/mol. The van der Waals surface area contributed by atoms with Crippen LogP contribution in [0.4, 0.5) is 21.6 Å². The van der Waals surface area contributed by atoms with Gasteiger partial charge in [-0.1, -0.05) is 17.5 Å². The maximum atomic E-state index is 13.9. The van der Waals surface area contributed by atoms with E-state index < -0.39 is 27.4 Å². The molecule has 10 heteroatoms. The molecule has 32 heavy (non-hydrogen) atoms. The normalized spacial score (nSPS) is 21.8. The number of aromatic nitrogens is 2. The molecule has 0 bridgehead atoms. The van der Waals surface area contributed by atoms with Gasteiger partial charge < -0.3 is 19.9 Å². The molecule has 2 aliphatic rings. The molecule has 2 N–H and O–H groups in total. The smallest absolute Gasteiger partial charge is 0.150 e. The van der Waals surface area contributed by atoms with Crippen LogP contribution in [0.1, 0.15) is 6.42 Å². The summed E-state index contributed by atoms with van der Waals surface area (Å²) in [5.74, 6) is 6.57. The Kier molecular flexibility index (Phi) is 5.66. The number of hydrogen-bond acceptors (Lipinski definition) is 7. The van der Waals surface area contributed by atoms with Crippen LogP contribution in [0, 0.1) is 5.82 Å². The van der Waals surface area contributed by atoms with E-state index in [9.17, 15) is 9.50 Å². The van der Waals surface area contributed by atoms with Crippen LogP contribution in [0.25, 0.3) is 10.9 Å². The molecule has 3 heterocycles. The molecule has 1 aromatic heterocycles. The summed E-state index contributed by atoms with van der Waals surface area (Å²) in [6.45, 7) is 0.403. The van der Waals surface area contributed by atoms with E-state index in [1.54, 1.807) is 12.1 Å². The predicted molar refractivity (Wildman–Crippen MR) is 126 cm³/mol. The fraction of sp³-hybridized carbons (Fsp3) is 0.318. The number of hydrogen-bond donors (Lipinski definition) is 2. The highest BCUT2D eigenvalue weighted by Crippen LogP contribution is 2.37. The van der Waals surface area contributed by atoms with Gasteiger partial charge in [-0.05, 0) is 42.2 Å². The second kappa shape index (κ2) is 8.47. The maximum absolute atomic E-state index is 13.9. The van der Waals surface area contributed by atoms with Crippen molar-refractivity contribution in [1.82, 2.24) is 9.97 Å². The van der Waals surface area contributed by atoms with Crippen molar-refractivity contribution in [2.24, 2.45) is 4.36 Å². The zero-order valence-electron chi connectivity index (χ0n) is 17.1. The standard InChI is InChI=1S/C22H22ClFN4O3S/c1-32(5-2-6-32)28-14-8-15(23)21-17(9-14)25-12-26-22(21)27-16-4-3-13(24)7-19(16)31-20-11-30-10-18(20)29/h3-4,7-9,12,18,20,29H,1-2,5-6,10-11H2,(H,25,26,27)/t18-,20+/m1/s1. The Morgan fingerprint density at radius 1 is 1.25 bits per heavy atom. The zero-order valence-corrected chi connectivity index (χ0v) is 18.7. The van der Waals surface area contributed by atoms with Gasteiger partial charge in [0.05, 0.1) is 40.5 Å². The Labute approximate surface area is 190 Å². The van der Waals surface area contributed by atoms with Crippen LogP contribution in [0.3, 0.4) is 0 Å². The Hall–Kier alpha value is -2.46. The fourth-order valence-electron chi connectivity index (χ4n) is 3.69. The van der Waals surface area contributed by atoms with E-state index in [0.29, 0.717) is 27.4 Å². The third-order valence-electron chi connectivity index (χ3n) is 5.50. The molecule has 0 saturated carbocycles. The molecule has 168 valence electrons. The van der Waals surface area contributed by atoms with Crippen LogP contribution in [-0.4, -0.2) is 57.9 Å². The number of fused-ring (bicyclic) bond motifs is 1. The van der Waals surface area contributed by atoms with Crippen molar-refractivity contribution in [2.45, 2.75) is 18.6 Å². The topological polar surface area (TPSA) is 88.9 Å². The van der Waals surface area contributed by atoms with Crippen molar-refractivity contribution in [2.75, 3.05) is 30.0 Å². The number of aliphatic hydroxyl groups is 1. The second-order valence-electron chi connectivity index (χ2n) is 7.92. The van der Waals surface area contributed by atoms with Crippen LogP contribution >= 0.6 is 11.6 Å². The molecule has 0 spiro atoms. The van der Waals surface area contributed by atoms with E-state index in [1.165, 1.54) is 18.5 Å². The molecule has 0 aliphatic carbocycles. The number of halogens is 2. The first-order valence-corrected chi connectivity index (χ1v) is 12.7. The summed E-state index contributed by atoms with van der Waals surface area (Å²) in [7, 11) is -1.19. The van der Waals surface area contributed by atoms with Gasteiger partial charge in [-0.3, -0.25) is 0 Å². The first kappa shape index (κ1) is 21.4. The molecule has 2 atom stereocenters. The molecule has 2 saturated heterocycles. The Morgan fingerprint density at radius 3 is 2.81 bits per heavy atom. The third kappa shape index (κ3) is 4.25. The van der Waals surface area contributed by atoms with Gasteiger partial charge in [0, 0.05) is 6.07 Å². The largest absolute Gasteiger partial charge is 0.483 e. The van der Waals surface area contributed by atoms with Crippen LogP contribution in [0.5, 0.6) is 5.75 Å². The summed E-state index contributed by atoms with van der Waals surface area (Å²) >= 11 is 6.61. The number of ether oxygens (including phenoxy) is 2. The highest BCUT2D eigenvalue weighted by molar-refractivity contribution is 8.03. The van der Waals surface area contributed by atoms with Gasteiger partial charge in [-0.25, -0.2) is 18.7 Å². The monoisotopic (exact) mass is 476 g/mol. The molecule has 5 rings (SSSR count). The third-order valence-corrected chi connectivity index (χ3v) is 8.49. The molecule has 0 radical (unpaired) electrons. The van der Waals surface area contributed by atoms with Crippen molar-refractivity contribution in [3.63, 3.8) is 0 Å². The number of nitrogens with one attached hydrogen (secondary N) is 1. The van der Waals surface area contributed by atoms with Gasteiger partial charge in [0.1, 0.15) is 29.8 Å². The van der Waals surface area contributed by atoms with Gasteiger partial charge in [-0.15, -0.1) is 9.41 Å². The number of benzene rings is 2. The van der Waals surface area contributed by atoms with E-state index in [0.717, 1.165) is 23.6 Å². The number of nitrogens with zero attached hydrogens (tertiary/aromatic N) is 3. The molecule has 0 amide bonds. The molecule has 3 aromatic rings. The van der Waals surface area contributed by atoms with E-state index in [2.05, 4.69) is 21.2 Å². The highest BCUT2D eigenvalue weighted by Gasteiger charge is 2.29. The number of rotatable bonds is 5. The van der Waals surface area contributed by atoms with Crippen molar-refractivity contribution >= 4 is 55.0 Å². The molecule has 2 aromatic carbocycles. The van der Waals surface area contributed by atoms with Gasteiger partial charge in [0.15, 0.2) is 6.10 Å². The lowest BCUT2D eigenvalue weighted by Gasteiger charge is -2.24. The Balaban J connectivity index is 1.51. The summed E-state index contributed by atoms with van der Waals surface area (Å²) in [5, 5.41) is 14.2. The van der Waals surface area contributed by atoms with Gasteiger partial charge in [0.25, 0.3) is 0 Å². The first-order chi connectivity index (χ1) is 15.4. The molecule has 7 nitrogen and oxygen atoms in total. The minimum atomic E-state index is -1.19. The summed E-state index contributed by atoms with van der Waals surface area (Å²) in [5.41, 5.74) is 1.88. The lowest BCUT2D eigenvalue weighted by atomic mass is 10.2. The Bertz CT molecular complexity index is 1300. The molecular formula is C22H22ClFN4O3S. The molecule has 0 unspecified atom stereocenters. The molecule has 2 aliphatic heterocycles. The van der Waals surface area contributed by atoms with Crippen LogP contribution < -0.4 is 10.1 Å². The van der Waals surface area contributed by atoms with Crippen LogP contribution in [0.15, 0.2) is 41.0 Å². The fourth-order valence-corrected chi connectivity index (χ4v) is 5.68. The van der Waals surface area contributed by atoms with Crippen molar-refractivity contribution < 1.29 is 19.0 Å². The number of aliphatic hydroxyl groups excluding tert-OH is 1. The van der Waals surface area contributed by atoms with Gasteiger partial charge in [-0.2, -0.15) is 0 Å². The minimum Gasteiger partial charge on any atom is -0.483 e. The van der Waals surface area contributed by atoms with E-state index >= 15 is 0 Å². The first-order valence-electron chi connectivity index (χ1n) is 10.2. The van der Waals surface area contributed by atoms with Crippen LogP contribution in [-0.2, 0) is 14.2 Å². The molecule has 2 fully saturated rings. The summed E-state index contributed by atoms with van der Waals surface area (Å²) < 4.78 is 29.8. The van der Waals surface area contributed by atoms with E-state index in [1.807, 2.05) is 6.07 Å². The van der Waals surface area contributed by atoms with Crippen molar-refractivity contribution in [1.29, 1.82) is 0 Å². The van der Waals surface area contributed by atoms with Crippen molar-refractivity contribution in [3.8, 4) is 5.75 Å². The summed E-state index contributed by atoms with van der Waals surface area (Å²) in [6, 6.07) is 7.79. The van der Waals surface area contributed by atoms with Crippen molar-refractivity contribution in [3.05, 3.63) is 47.5 Å². The average molecular weight is 477 g/mol. The Morgan fingerprint density at radius 2 is 2.09 bits per heavy atom.